The number of furan rings is 1. The first-order valence-electron chi connectivity index (χ1n) is 6.66. The first kappa shape index (κ1) is 13.6. The molecule has 1 fully saturated rings. The van der Waals surface area contributed by atoms with Crippen molar-refractivity contribution in [1.82, 2.24) is 4.90 Å². The summed E-state index contributed by atoms with van der Waals surface area (Å²) in [5.74, 6) is 0.386. The van der Waals surface area contributed by atoms with Crippen LogP contribution in [-0.4, -0.2) is 36.6 Å². The Kier molecular flexibility index (Phi) is 3.56. The molecule has 0 spiro atoms. The predicted octanol–water partition coefficient (Wildman–Crippen LogP) is 3.36. The lowest BCUT2D eigenvalue weighted by Crippen LogP contribution is -2.44. The summed E-state index contributed by atoms with van der Waals surface area (Å²) in [6.45, 7) is 5.71. The van der Waals surface area contributed by atoms with Crippen LogP contribution in [0.5, 0.6) is 0 Å². The zero-order valence-corrected chi connectivity index (χ0v) is 13.1. The van der Waals surface area contributed by atoms with Gasteiger partial charge in [-0.15, -0.1) is 0 Å². The van der Waals surface area contributed by atoms with Crippen molar-refractivity contribution in [2.75, 3.05) is 19.7 Å². The Balaban J connectivity index is 1.97. The molecule has 0 saturated carbocycles. The van der Waals surface area contributed by atoms with E-state index >= 15 is 0 Å². The van der Waals surface area contributed by atoms with Crippen molar-refractivity contribution < 1.29 is 13.9 Å². The van der Waals surface area contributed by atoms with Crippen LogP contribution in [0.1, 0.15) is 23.0 Å². The highest BCUT2D eigenvalue weighted by atomic mass is 79.9. The van der Waals surface area contributed by atoms with Gasteiger partial charge in [0.15, 0.2) is 5.76 Å². The standard InChI is InChI=1S/C15H16BrNO3/c1-9-8-17(5-6-19-9)15(18)14-10(2)12-7-11(16)3-4-13(12)20-14/h3-4,7,9H,5-6,8H2,1-2H3. The average Bonchev–Trinajstić information content (AvgIpc) is 2.75. The fourth-order valence-corrected chi connectivity index (χ4v) is 2.90. The predicted molar refractivity (Wildman–Crippen MR) is 80.0 cm³/mol. The second-order valence-corrected chi connectivity index (χ2v) is 6.04. The van der Waals surface area contributed by atoms with Gasteiger partial charge in [-0.25, -0.2) is 0 Å². The molecule has 1 aromatic heterocycles. The lowest BCUT2D eigenvalue weighted by molar-refractivity contribution is -0.0134. The van der Waals surface area contributed by atoms with E-state index in [-0.39, 0.29) is 12.0 Å². The zero-order valence-electron chi connectivity index (χ0n) is 11.5. The van der Waals surface area contributed by atoms with E-state index in [9.17, 15) is 4.79 Å². The molecule has 2 heterocycles. The van der Waals surface area contributed by atoms with Gasteiger partial charge in [0.1, 0.15) is 5.58 Å². The number of hydrogen-bond acceptors (Lipinski definition) is 3. The number of amides is 1. The van der Waals surface area contributed by atoms with Crippen molar-refractivity contribution >= 4 is 32.8 Å². The lowest BCUT2D eigenvalue weighted by Gasteiger charge is -2.30. The van der Waals surface area contributed by atoms with Crippen LogP contribution in [0.25, 0.3) is 11.0 Å². The van der Waals surface area contributed by atoms with E-state index < -0.39 is 0 Å². The van der Waals surface area contributed by atoms with Gasteiger partial charge in [0.25, 0.3) is 5.91 Å². The second-order valence-electron chi connectivity index (χ2n) is 5.13. The lowest BCUT2D eigenvalue weighted by atomic mass is 10.1. The van der Waals surface area contributed by atoms with Crippen LogP contribution in [0.4, 0.5) is 0 Å². The topological polar surface area (TPSA) is 42.7 Å². The van der Waals surface area contributed by atoms with E-state index in [4.69, 9.17) is 9.15 Å². The molecule has 1 aromatic carbocycles. The molecule has 3 rings (SSSR count). The highest BCUT2D eigenvalue weighted by molar-refractivity contribution is 9.10. The largest absolute Gasteiger partial charge is 0.451 e. The van der Waals surface area contributed by atoms with Crippen LogP contribution >= 0.6 is 15.9 Å². The summed E-state index contributed by atoms with van der Waals surface area (Å²) in [6, 6.07) is 5.77. The van der Waals surface area contributed by atoms with Crippen molar-refractivity contribution in [3.8, 4) is 0 Å². The molecule has 1 unspecified atom stereocenters. The average molecular weight is 338 g/mol. The Hall–Kier alpha value is -1.33. The van der Waals surface area contributed by atoms with Crippen LogP contribution < -0.4 is 0 Å². The van der Waals surface area contributed by atoms with E-state index in [2.05, 4.69) is 15.9 Å². The molecule has 0 aliphatic carbocycles. The summed E-state index contributed by atoms with van der Waals surface area (Å²) in [5, 5.41) is 0.976. The molecule has 0 radical (unpaired) electrons. The Labute approximate surface area is 125 Å². The number of halogens is 1. The quantitative estimate of drug-likeness (QED) is 0.801. The molecule has 0 bridgehead atoms. The van der Waals surface area contributed by atoms with Gasteiger partial charge in [-0.3, -0.25) is 4.79 Å². The van der Waals surface area contributed by atoms with Gasteiger partial charge in [0, 0.05) is 28.5 Å². The van der Waals surface area contributed by atoms with Crippen LogP contribution in [0, 0.1) is 6.92 Å². The SMILES string of the molecule is Cc1c(C(=O)N2CCOC(C)C2)oc2ccc(Br)cc12. The third-order valence-electron chi connectivity index (χ3n) is 3.62. The number of hydrogen-bond donors (Lipinski definition) is 0. The molecule has 4 nitrogen and oxygen atoms in total. The maximum atomic E-state index is 12.6. The molecule has 1 amide bonds. The molecule has 1 saturated heterocycles. The highest BCUT2D eigenvalue weighted by Crippen LogP contribution is 2.29. The van der Waals surface area contributed by atoms with Gasteiger partial charge in [-0.05, 0) is 32.0 Å². The zero-order chi connectivity index (χ0) is 14.3. The number of aryl methyl sites for hydroxylation is 1. The van der Waals surface area contributed by atoms with Gasteiger partial charge >= 0.3 is 0 Å². The van der Waals surface area contributed by atoms with E-state index in [1.807, 2.05) is 32.0 Å². The van der Waals surface area contributed by atoms with Gasteiger partial charge in [-0.2, -0.15) is 0 Å². The number of rotatable bonds is 1. The van der Waals surface area contributed by atoms with Crippen molar-refractivity contribution in [3.05, 3.63) is 34.0 Å². The highest BCUT2D eigenvalue weighted by Gasteiger charge is 2.27. The van der Waals surface area contributed by atoms with E-state index in [1.54, 1.807) is 4.90 Å². The molecule has 1 aliphatic heterocycles. The number of carbonyl (C=O) groups is 1. The summed E-state index contributed by atoms with van der Waals surface area (Å²) in [7, 11) is 0. The first-order valence-corrected chi connectivity index (χ1v) is 7.45. The molecule has 1 atom stereocenters. The molecule has 2 aromatic rings. The number of nitrogens with zero attached hydrogens (tertiary/aromatic N) is 1. The molecule has 1 aliphatic rings. The Morgan fingerprint density at radius 3 is 3.00 bits per heavy atom. The minimum atomic E-state index is -0.0510. The van der Waals surface area contributed by atoms with Crippen LogP contribution in [-0.2, 0) is 4.74 Å². The monoisotopic (exact) mass is 337 g/mol. The number of fused-ring (bicyclic) bond motifs is 1. The van der Waals surface area contributed by atoms with E-state index in [1.165, 1.54) is 0 Å². The Morgan fingerprint density at radius 2 is 2.25 bits per heavy atom. The third kappa shape index (κ3) is 2.36. The normalized spacial score (nSPS) is 19.6. The number of benzene rings is 1. The smallest absolute Gasteiger partial charge is 0.290 e. The molecule has 0 N–H and O–H groups in total. The summed E-state index contributed by atoms with van der Waals surface area (Å²) in [4.78, 5) is 14.4. The van der Waals surface area contributed by atoms with Crippen molar-refractivity contribution in [2.45, 2.75) is 20.0 Å². The molecular formula is C15H16BrNO3. The summed E-state index contributed by atoms with van der Waals surface area (Å²) >= 11 is 3.44. The van der Waals surface area contributed by atoms with Crippen molar-refractivity contribution in [2.24, 2.45) is 0 Å². The summed E-state index contributed by atoms with van der Waals surface area (Å²) < 4.78 is 12.2. The van der Waals surface area contributed by atoms with Gasteiger partial charge in [0.05, 0.1) is 12.7 Å². The minimum Gasteiger partial charge on any atom is -0.451 e. The van der Waals surface area contributed by atoms with Crippen LogP contribution in [0.2, 0.25) is 0 Å². The number of ether oxygens (including phenoxy) is 1. The first-order chi connectivity index (χ1) is 9.56. The van der Waals surface area contributed by atoms with E-state index in [0.717, 1.165) is 21.0 Å². The third-order valence-corrected chi connectivity index (χ3v) is 4.11. The van der Waals surface area contributed by atoms with Gasteiger partial charge in [-0.1, -0.05) is 15.9 Å². The Morgan fingerprint density at radius 1 is 1.45 bits per heavy atom. The second kappa shape index (κ2) is 5.22. The van der Waals surface area contributed by atoms with Crippen LogP contribution in [0.15, 0.2) is 27.1 Å². The molecule has 5 heteroatoms. The van der Waals surface area contributed by atoms with E-state index in [0.29, 0.717) is 25.5 Å². The van der Waals surface area contributed by atoms with Crippen LogP contribution in [0.3, 0.4) is 0 Å². The van der Waals surface area contributed by atoms with Gasteiger partial charge < -0.3 is 14.1 Å². The van der Waals surface area contributed by atoms with Crippen molar-refractivity contribution in [3.63, 3.8) is 0 Å². The molecule has 106 valence electrons. The number of carbonyl (C=O) groups excluding carboxylic acids is 1. The Bertz CT molecular complexity index is 664. The summed E-state index contributed by atoms with van der Waals surface area (Å²) in [5.41, 5.74) is 1.64. The summed E-state index contributed by atoms with van der Waals surface area (Å²) in [6.07, 6.45) is 0.0755. The minimum absolute atomic E-state index is 0.0510. The fourth-order valence-electron chi connectivity index (χ4n) is 2.54. The van der Waals surface area contributed by atoms with Gasteiger partial charge in [0.2, 0.25) is 0 Å². The maximum Gasteiger partial charge on any atom is 0.290 e. The fraction of sp³-hybridized carbons (Fsp3) is 0.400. The number of morpholine rings is 1. The molecule has 20 heavy (non-hydrogen) atoms. The van der Waals surface area contributed by atoms with Crippen molar-refractivity contribution in [1.29, 1.82) is 0 Å². The maximum absolute atomic E-state index is 12.6. The molecular weight excluding hydrogens is 322 g/mol.